The highest BCUT2D eigenvalue weighted by atomic mass is 32.1. The molecule has 0 radical (unpaired) electrons. The predicted octanol–water partition coefficient (Wildman–Crippen LogP) is 1.13. The Morgan fingerprint density at radius 1 is 1.65 bits per heavy atom. The highest BCUT2D eigenvalue weighted by Crippen LogP contribution is 2.22. The van der Waals surface area contributed by atoms with Crippen LogP contribution < -0.4 is 5.32 Å². The fourth-order valence-electron chi connectivity index (χ4n) is 1.30. The summed E-state index contributed by atoms with van der Waals surface area (Å²) >= 11 is 1.55. The van der Waals surface area contributed by atoms with Gasteiger partial charge in [-0.1, -0.05) is 6.07 Å². The maximum Gasteiger partial charge on any atom is 0.252 e. The van der Waals surface area contributed by atoms with Gasteiger partial charge in [-0.3, -0.25) is 10.1 Å². The number of hydrogen-bond acceptors (Lipinski definition) is 5. The summed E-state index contributed by atoms with van der Waals surface area (Å²) < 4.78 is 6.26. The summed E-state index contributed by atoms with van der Waals surface area (Å²) in [5.41, 5.74) is 0. The van der Waals surface area contributed by atoms with Crippen molar-refractivity contribution in [3.05, 3.63) is 17.5 Å². The molecule has 0 aliphatic heterocycles. The minimum absolute atomic E-state index is 0.00119. The van der Waals surface area contributed by atoms with Crippen molar-refractivity contribution in [2.24, 2.45) is 7.05 Å². The zero-order valence-electron chi connectivity index (χ0n) is 9.51. The van der Waals surface area contributed by atoms with E-state index in [2.05, 4.69) is 15.4 Å². The van der Waals surface area contributed by atoms with Gasteiger partial charge >= 0.3 is 0 Å². The number of aryl methyl sites for hydroxylation is 1. The van der Waals surface area contributed by atoms with E-state index in [0.29, 0.717) is 11.8 Å². The third kappa shape index (κ3) is 2.69. The van der Waals surface area contributed by atoms with E-state index in [4.69, 9.17) is 4.74 Å². The molecule has 0 unspecified atom stereocenters. The van der Waals surface area contributed by atoms with Crippen molar-refractivity contribution in [1.29, 1.82) is 0 Å². The standard InChI is InChI=1S/C10H12N4O2S/c1-14-10(11-8(15)6-16-2)12-9(13-14)7-4-3-5-17-7/h3-5H,6H2,1-2H3,(H,11,12,13,15). The number of ether oxygens (including phenoxy) is 1. The zero-order chi connectivity index (χ0) is 12.3. The summed E-state index contributed by atoms with van der Waals surface area (Å²) in [5, 5.41) is 8.80. The van der Waals surface area contributed by atoms with Gasteiger partial charge in [0, 0.05) is 14.2 Å². The number of methoxy groups -OCH3 is 1. The Bertz CT molecular complexity index is 506. The zero-order valence-corrected chi connectivity index (χ0v) is 10.3. The molecule has 0 aliphatic rings. The summed E-state index contributed by atoms with van der Waals surface area (Å²) in [6, 6.07) is 3.86. The van der Waals surface area contributed by atoms with Crippen LogP contribution in [-0.2, 0) is 16.6 Å². The van der Waals surface area contributed by atoms with E-state index >= 15 is 0 Å². The number of carbonyl (C=O) groups is 1. The van der Waals surface area contributed by atoms with Crippen molar-refractivity contribution < 1.29 is 9.53 Å². The van der Waals surface area contributed by atoms with Gasteiger partial charge < -0.3 is 4.74 Å². The first-order chi connectivity index (χ1) is 8.20. The van der Waals surface area contributed by atoms with Gasteiger partial charge in [-0.15, -0.1) is 16.4 Å². The summed E-state index contributed by atoms with van der Waals surface area (Å²) in [6.45, 7) is 0.00119. The van der Waals surface area contributed by atoms with E-state index in [0.717, 1.165) is 4.88 Å². The van der Waals surface area contributed by atoms with Gasteiger partial charge in [0.2, 0.25) is 5.95 Å². The van der Waals surface area contributed by atoms with Crippen LogP contribution in [0, 0.1) is 0 Å². The molecule has 1 amide bonds. The van der Waals surface area contributed by atoms with Crippen molar-refractivity contribution in [2.45, 2.75) is 0 Å². The summed E-state index contributed by atoms with van der Waals surface area (Å²) in [7, 11) is 3.19. The Kier molecular flexibility index (Phi) is 3.50. The van der Waals surface area contributed by atoms with Crippen LogP contribution >= 0.6 is 11.3 Å². The number of anilines is 1. The molecule has 0 saturated heterocycles. The highest BCUT2D eigenvalue weighted by molar-refractivity contribution is 7.13. The number of nitrogens with zero attached hydrogens (tertiary/aromatic N) is 3. The summed E-state index contributed by atoms with van der Waals surface area (Å²) in [6.07, 6.45) is 0. The molecule has 0 spiro atoms. The molecule has 0 saturated carbocycles. The predicted molar refractivity (Wildman–Crippen MR) is 64.8 cm³/mol. The molecule has 6 nitrogen and oxygen atoms in total. The van der Waals surface area contributed by atoms with Crippen molar-refractivity contribution in [2.75, 3.05) is 19.0 Å². The fourth-order valence-corrected chi connectivity index (χ4v) is 1.95. The van der Waals surface area contributed by atoms with Crippen LogP contribution in [0.5, 0.6) is 0 Å². The van der Waals surface area contributed by atoms with E-state index < -0.39 is 0 Å². The smallest absolute Gasteiger partial charge is 0.252 e. The van der Waals surface area contributed by atoms with Crippen molar-refractivity contribution >= 4 is 23.2 Å². The summed E-state index contributed by atoms with van der Waals surface area (Å²) in [4.78, 5) is 16.6. The lowest BCUT2D eigenvalue weighted by molar-refractivity contribution is -0.119. The Labute approximate surface area is 102 Å². The second kappa shape index (κ2) is 5.07. The average Bonchev–Trinajstić information content (AvgIpc) is 2.89. The Balaban J connectivity index is 2.17. The largest absolute Gasteiger partial charge is 0.375 e. The molecule has 17 heavy (non-hydrogen) atoms. The number of aromatic nitrogens is 3. The van der Waals surface area contributed by atoms with Crippen molar-refractivity contribution in [3.8, 4) is 10.7 Å². The number of nitrogens with one attached hydrogen (secondary N) is 1. The third-order valence-corrected chi connectivity index (χ3v) is 2.90. The fraction of sp³-hybridized carbons (Fsp3) is 0.300. The first kappa shape index (κ1) is 11.7. The SMILES string of the molecule is COCC(=O)Nc1nc(-c2cccs2)nn1C. The maximum absolute atomic E-state index is 11.3. The van der Waals surface area contributed by atoms with Crippen LogP contribution in [0.2, 0.25) is 0 Å². The maximum atomic E-state index is 11.3. The summed E-state index contributed by atoms with van der Waals surface area (Å²) in [5.74, 6) is 0.770. The average molecular weight is 252 g/mol. The van der Waals surface area contributed by atoms with Gasteiger partial charge in [-0.05, 0) is 11.4 Å². The minimum atomic E-state index is -0.249. The van der Waals surface area contributed by atoms with Crippen LogP contribution in [0.15, 0.2) is 17.5 Å². The van der Waals surface area contributed by atoms with Gasteiger partial charge in [0.15, 0.2) is 5.82 Å². The third-order valence-electron chi connectivity index (χ3n) is 2.03. The van der Waals surface area contributed by atoms with Crippen LogP contribution in [0.1, 0.15) is 0 Å². The minimum Gasteiger partial charge on any atom is -0.375 e. The molecule has 1 N–H and O–H groups in total. The molecule has 2 rings (SSSR count). The molecule has 2 aromatic heterocycles. The van der Waals surface area contributed by atoms with E-state index in [9.17, 15) is 4.79 Å². The van der Waals surface area contributed by atoms with Crippen molar-refractivity contribution in [1.82, 2.24) is 14.8 Å². The Hall–Kier alpha value is -1.73. The van der Waals surface area contributed by atoms with E-state index in [1.54, 1.807) is 18.4 Å². The molecule has 7 heteroatoms. The second-order valence-electron chi connectivity index (χ2n) is 3.34. The van der Waals surface area contributed by atoms with E-state index in [1.165, 1.54) is 11.8 Å². The number of thiophene rings is 1. The van der Waals surface area contributed by atoms with Gasteiger partial charge in [0.1, 0.15) is 6.61 Å². The van der Waals surface area contributed by atoms with Gasteiger partial charge in [-0.25, -0.2) is 4.68 Å². The van der Waals surface area contributed by atoms with Gasteiger partial charge in [-0.2, -0.15) is 4.98 Å². The normalized spacial score (nSPS) is 10.5. The van der Waals surface area contributed by atoms with Crippen LogP contribution in [-0.4, -0.2) is 34.4 Å². The Morgan fingerprint density at radius 2 is 2.47 bits per heavy atom. The number of hydrogen-bond donors (Lipinski definition) is 1. The number of carbonyl (C=O) groups excluding carboxylic acids is 1. The molecule has 0 bridgehead atoms. The molecule has 2 heterocycles. The molecule has 0 atom stereocenters. The number of rotatable bonds is 4. The van der Waals surface area contributed by atoms with E-state index in [-0.39, 0.29) is 12.5 Å². The molecule has 2 aromatic rings. The lowest BCUT2D eigenvalue weighted by atomic mass is 10.4. The second-order valence-corrected chi connectivity index (χ2v) is 4.29. The van der Waals surface area contributed by atoms with E-state index in [1.807, 2.05) is 17.5 Å². The van der Waals surface area contributed by atoms with Crippen LogP contribution in [0.4, 0.5) is 5.95 Å². The van der Waals surface area contributed by atoms with Crippen LogP contribution in [0.25, 0.3) is 10.7 Å². The first-order valence-electron chi connectivity index (χ1n) is 4.94. The van der Waals surface area contributed by atoms with Gasteiger partial charge in [0.05, 0.1) is 4.88 Å². The molecule has 0 aliphatic carbocycles. The molecule has 90 valence electrons. The molecular formula is C10H12N4O2S. The lowest BCUT2D eigenvalue weighted by Crippen LogP contribution is -2.19. The highest BCUT2D eigenvalue weighted by Gasteiger charge is 2.12. The molecule has 0 aromatic carbocycles. The monoisotopic (exact) mass is 252 g/mol. The molecular weight excluding hydrogens is 240 g/mol. The van der Waals surface area contributed by atoms with Crippen molar-refractivity contribution in [3.63, 3.8) is 0 Å². The first-order valence-corrected chi connectivity index (χ1v) is 5.82. The lowest BCUT2D eigenvalue weighted by Gasteiger charge is -2.01. The van der Waals surface area contributed by atoms with Crippen LogP contribution in [0.3, 0.4) is 0 Å². The number of amides is 1. The Morgan fingerprint density at radius 3 is 3.12 bits per heavy atom. The van der Waals surface area contributed by atoms with Gasteiger partial charge in [0.25, 0.3) is 5.91 Å². The quantitative estimate of drug-likeness (QED) is 0.885. The topological polar surface area (TPSA) is 69.0 Å². The molecule has 0 fully saturated rings.